The van der Waals surface area contributed by atoms with Crippen LogP contribution in [0.3, 0.4) is 0 Å². The van der Waals surface area contributed by atoms with E-state index in [-0.39, 0.29) is 6.10 Å². The lowest BCUT2D eigenvalue weighted by Crippen LogP contribution is -2.42. The Morgan fingerprint density at radius 1 is 1.23 bits per heavy atom. The van der Waals surface area contributed by atoms with Crippen molar-refractivity contribution in [3.05, 3.63) is 47.3 Å². The van der Waals surface area contributed by atoms with Gasteiger partial charge in [-0.2, -0.15) is 5.10 Å². The van der Waals surface area contributed by atoms with Gasteiger partial charge in [0.15, 0.2) is 5.96 Å². The third-order valence-corrected chi connectivity index (χ3v) is 4.05. The molecule has 0 bridgehead atoms. The lowest BCUT2D eigenvalue weighted by Gasteiger charge is -2.18. The number of guanidine groups is 1. The van der Waals surface area contributed by atoms with Crippen LogP contribution in [0, 0.1) is 20.8 Å². The molecule has 0 saturated heterocycles. The van der Waals surface area contributed by atoms with Crippen molar-refractivity contribution in [2.24, 2.45) is 4.99 Å². The summed E-state index contributed by atoms with van der Waals surface area (Å²) in [7, 11) is 1.78. The second-order valence-electron chi connectivity index (χ2n) is 6.63. The van der Waals surface area contributed by atoms with Crippen molar-refractivity contribution in [3.8, 4) is 5.75 Å². The van der Waals surface area contributed by atoms with E-state index in [1.807, 2.05) is 36.7 Å². The minimum Gasteiger partial charge on any atom is -0.489 e. The van der Waals surface area contributed by atoms with Crippen molar-refractivity contribution in [2.75, 3.05) is 20.1 Å². The van der Waals surface area contributed by atoms with Gasteiger partial charge < -0.3 is 15.4 Å². The van der Waals surface area contributed by atoms with E-state index in [0.29, 0.717) is 6.54 Å². The summed E-state index contributed by atoms with van der Waals surface area (Å²) < 4.78 is 7.98. The molecule has 6 nitrogen and oxygen atoms in total. The smallest absolute Gasteiger partial charge is 0.191 e. The number of aromatic nitrogens is 2. The van der Waals surface area contributed by atoms with Gasteiger partial charge in [0.05, 0.1) is 12.2 Å². The third-order valence-electron chi connectivity index (χ3n) is 4.05. The highest BCUT2D eigenvalue weighted by atomic mass is 16.5. The Balaban J connectivity index is 1.67. The van der Waals surface area contributed by atoms with E-state index in [9.17, 15) is 0 Å². The van der Waals surface area contributed by atoms with Crippen LogP contribution in [0.5, 0.6) is 5.75 Å². The van der Waals surface area contributed by atoms with E-state index in [4.69, 9.17) is 4.74 Å². The highest BCUT2D eigenvalue weighted by Crippen LogP contribution is 2.13. The van der Waals surface area contributed by atoms with Crippen LogP contribution in [-0.2, 0) is 6.54 Å². The van der Waals surface area contributed by atoms with Gasteiger partial charge in [-0.15, -0.1) is 0 Å². The first-order valence-corrected chi connectivity index (χ1v) is 9.17. The molecule has 0 amide bonds. The Hall–Kier alpha value is -2.50. The van der Waals surface area contributed by atoms with Crippen molar-refractivity contribution in [2.45, 2.75) is 46.8 Å². The highest BCUT2D eigenvalue weighted by molar-refractivity contribution is 5.79. The summed E-state index contributed by atoms with van der Waals surface area (Å²) in [5, 5.41) is 11.1. The predicted octanol–water partition coefficient (Wildman–Crippen LogP) is 2.83. The largest absolute Gasteiger partial charge is 0.489 e. The Morgan fingerprint density at radius 3 is 2.69 bits per heavy atom. The average molecular weight is 358 g/mol. The van der Waals surface area contributed by atoms with E-state index < -0.39 is 0 Å². The summed E-state index contributed by atoms with van der Waals surface area (Å²) in [5.74, 6) is 1.69. The standard InChI is InChI=1S/C20H31N5O/c1-15-8-6-9-19(12-15)26-18(4)14-23-20(21-5)22-10-7-11-25-17(3)13-16(2)24-25/h6,8-9,12-13,18H,7,10-11,14H2,1-5H3,(H2,21,22,23). The Bertz CT molecular complexity index is 723. The number of hydrogen-bond acceptors (Lipinski definition) is 3. The third kappa shape index (κ3) is 6.43. The van der Waals surface area contributed by atoms with Crippen LogP contribution in [-0.4, -0.2) is 42.0 Å². The van der Waals surface area contributed by atoms with E-state index in [1.165, 1.54) is 11.3 Å². The normalized spacial score (nSPS) is 12.7. The number of aliphatic imine (C=N–C) groups is 1. The fourth-order valence-corrected chi connectivity index (χ4v) is 2.76. The fourth-order valence-electron chi connectivity index (χ4n) is 2.76. The predicted molar refractivity (Wildman–Crippen MR) is 107 cm³/mol. The lowest BCUT2D eigenvalue weighted by molar-refractivity contribution is 0.223. The van der Waals surface area contributed by atoms with Gasteiger partial charge in [0.2, 0.25) is 0 Å². The summed E-state index contributed by atoms with van der Waals surface area (Å²) in [4.78, 5) is 4.26. The number of rotatable bonds is 8. The van der Waals surface area contributed by atoms with E-state index >= 15 is 0 Å². The van der Waals surface area contributed by atoms with Crippen LogP contribution in [0.1, 0.15) is 30.3 Å². The van der Waals surface area contributed by atoms with Crippen molar-refractivity contribution in [3.63, 3.8) is 0 Å². The number of aryl methyl sites for hydroxylation is 4. The minimum atomic E-state index is 0.0463. The zero-order valence-electron chi connectivity index (χ0n) is 16.5. The lowest BCUT2D eigenvalue weighted by atomic mass is 10.2. The van der Waals surface area contributed by atoms with Crippen LogP contribution in [0.2, 0.25) is 0 Å². The van der Waals surface area contributed by atoms with Gasteiger partial charge >= 0.3 is 0 Å². The maximum Gasteiger partial charge on any atom is 0.191 e. The Kier molecular flexibility index (Phi) is 7.51. The molecule has 142 valence electrons. The topological polar surface area (TPSA) is 63.5 Å². The molecule has 0 saturated carbocycles. The molecule has 0 radical (unpaired) electrons. The molecule has 2 rings (SSSR count). The molecule has 26 heavy (non-hydrogen) atoms. The molecule has 2 aromatic rings. The number of nitrogens with zero attached hydrogens (tertiary/aromatic N) is 3. The van der Waals surface area contributed by atoms with E-state index in [2.05, 4.69) is 46.7 Å². The van der Waals surface area contributed by atoms with Gasteiger partial charge in [0, 0.05) is 25.8 Å². The zero-order chi connectivity index (χ0) is 18.9. The molecule has 1 heterocycles. The summed E-state index contributed by atoms with van der Waals surface area (Å²) >= 11 is 0. The second-order valence-corrected chi connectivity index (χ2v) is 6.63. The molecule has 6 heteroatoms. The molecule has 0 aliphatic heterocycles. The summed E-state index contributed by atoms with van der Waals surface area (Å²) in [6.45, 7) is 10.6. The molecule has 0 aliphatic rings. The average Bonchev–Trinajstić information content (AvgIpc) is 2.91. The van der Waals surface area contributed by atoms with Crippen molar-refractivity contribution < 1.29 is 4.74 Å². The summed E-state index contributed by atoms with van der Waals surface area (Å²) in [6, 6.07) is 10.2. The highest BCUT2D eigenvalue weighted by Gasteiger charge is 2.06. The Labute approximate surface area is 156 Å². The maximum atomic E-state index is 5.93. The van der Waals surface area contributed by atoms with E-state index in [1.54, 1.807) is 7.05 Å². The number of hydrogen-bond donors (Lipinski definition) is 2. The molecular weight excluding hydrogens is 326 g/mol. The van der Waals surface area contributed by atoms with Crippen molar-refractivity contribution in [1.82, 2.24) is 20.4 Å². The van der Waals surface area contributed by atoms with Crippen LogP contribution in [0.25, 0.3) is 0 Å². The molecular formula is C20H31N5O. The molecule has 1 unspecified atom stereocenters. The Morgan fingerprint density at radius 2 is 2.04 bits per heavy atom. The molecule has 0 fully saturated rings. The fraction of sp³-hybridized carbons (Fsp3) is 0.500. The van der Waals surface area contributed by atoms with Crippen molar-refractivity contribution in [1.29, 1.82) is 0 Å². The number of nitrogens with one attached hydrogen (secondary N) is 2. The number of ether oxygens (including phenoxy) is 1. The van der Waals surface area contributed by atoms with Crippen LogP contribution >= 0.6 is 0 Å². The molecule has 0 spiro atoms. The van der Waals surface area contributed by atoms with Gasteiger partial charge in [-0.1, -0.05) is 12.1 Å². The minimum absolute atomic E-state index is 0.0463. The quantitative estimate of drug-likeness (QED) is 0.433. The van der Waals surface area contributed by atoms with Crippen LogP contribution in [0.15, 0.2) is 35.3 Å². The van der Waals surface area contributed by atoms with Gasteiger partial charge in [-0.3, -0.25) is 9.67 Å². The maximum absolute atomic E-state index is 5.93. The van der Waals surface area contributed by atoms with Crippen LogP contribution < -0.4 is 15.4 Å². The first kappa shape index (κ1) is 19.8. The summed E-state index contributed by atoms with van der Waals surface area (Å²) in [6.07, 6.45) is 1.03. The number of benzene rings is 1. The summed E-state index contributed by atoms with van der Waals surface area (Å²) in [5.41, 5.74) is 3.46. The second kappa shape index (κ2) is 9.85. The first-order valence-electron chi connectivity index (χ1n) is 9.17. The van der Waals surface area contributed by atoms with Gasteiger partial charge in [-0.05, 0) is 57.9 Å². The van der Waals surface area contributed by atoms with Crippen LogP contribution in [0.4, 0.5) is 0 Å². The van der Waals surface area contributed by atoms with Gasteiger partial charge in [0.1, 0.15) is 11.9 Å². The molecule has 0 aliphatic carbocycles. The zero-order valence-corrected chi connectivity index (χ0v) is 16.5. The van der Waals surface area contributed by atoms with Crippen molar-refractivity contribution >= 4 is 5.96 Å². The first-order chi connectivity index (χ1) is 12.5. The van der Waals surface area contributed by atoms with E-state index in [0.717, 1.165) is 36.9 Å². The molecule has 1 aromatic carbocycles. The molecule has 2 N–H and O–H groups in total. The SMILES string of the molecule is CN=C(NCCCn1nc(C)cc1C)NCC(C)Oc1cccc(C)c1. The van der Waals surface area contributed by atoms with Gasteiger partial charge in [-0.25, -0.2) is 0 Å². The molecule has 1 atom stereocenters. The monoisotopic (exact) mass is 357 g/mol. The molecule has 1 aromatic heterocycles. The van der Waals surface area contributed by atoms with Gasteiger partial charge in [0.25, 0.3) is 0 Å².